The van der Waals surface area contributed by atoms with Crippen LogP contribution in [0.2, 0.25) is 0 Å². The van der Waals surface area contributed by atoms with Crippen molar-refractivity contribution in [3.05, 3.63) is 33.4 Å². The molecular formula is C20H26N10O8. The highest BCUT2D eigenvalue weighted by Crippen LogP contribution is 2.31. The van der Waals surface area contributed by atoms with Crippen LogP contribution in [-0.2, 0) is 9.47 Å². The van der Waals surface area contributed by atoms with Crippen molar-refractivity contribution in [1.29, 1.82) is 0 Å². The minimum absolute atomic E-state index is 0.0171. The minimum Gasteiger partial charge on any atom is -0.394 e. The zero-order valence-electron chi connectivity index (χ0n) is 19.7. The van der Waals surface area contributed by atoms with Gasteiger partial charge in [0, 0.05) is 12.8 Å². The van der Waals surface area contributed by atoms with Crippen LogP contribution in [-0.4, -0.2) is 97.1 Å². The van der Waals surface area contributed by atoms with E-state index < -0.39 is 48.0 Å². The average molecular weight is 534 g/mol. The Kier molecular flexibility index (Phi) is 6.82. The first-order valence-electron chi connectivity index (χ1n) is 11.5. The fraction of sp³-hybridized carbons (Fsp3) is 0.500. The van der Waals surface area contributed by atoms with Gasteiger partial charge in [-0.3, -0.25) is 28.7 Å². The maximum Gasteiger partial charge on any atom is 0.280 e. The molecule has 2 aliphatic heterocycles. The highest BCUT2D eigenvalue weighted by atomic mass is 16.5. The third kappa shape index (κ3) is 4.59. The first-order valence-corrected chi connectivity index (χ1v) is 11.5. The van der Waals surface area contributed by atoms with Crippen molar-refractivity contribution >= 4 is 34.2 Å². The van der Waals surface area contributed by atoms with E-state index in [-0.39, 0.29) is 60.3 Å². The van der Waals surface area contributed by atoms with E-state index in [1.165, 1.54) is 21.8 Å². The number of imidazole rings is 2. The number of aliphatic hydroxyl groups excluding tert-OH is 4. The van der Waals surface area contributed by atoms with Crippen LogP contribution in [0.4, 0.5) is 11.9 Å². The summed E-state index contributed by atoms with van der Waals surface area (Å²) in [6.07, 6.45) is -0.540. The predicted octanol–water partition coefficient (Wildman–Crippen LogP) is -3.31. The van der Waals surface area contributed by atoms with E-state index in [2.05, 4.69) is 29.9 Å². The number of aromatic amines is 2. The van der Waals surface area contributed by atoms with Gasteiger partial charge >= 0.3 is 0 Å². The lowest BCUT2D eigenvalue weighted by atomic mass is 10.2. The van der Waals surface area contributed by atoms with Crippen LogP contribution in [0.15, 0.2) is 22.2 Å². The lowest BCUT2D eigenvalue weighted by Crippen LogP contribution is -2.24. The van der Waals surface area contributed by atoms with Crippen LogP contribution in [0, 0.1) is 0 Å². The largest absolute Gasteiger partial charge is 0.394 e. The molecule has 0 saturated carbocycles. The summed E-state index contributed by atoms with van der Waals surface area (Å²) in [6, 6.07) is 0. The molecule has 0 bridgehead atoms. The summed E-state index contributed by atoms with van der Waals surface area (Å²) >= 11 is 0. The second kappa shape index (κ2) is 10.1. The van der Waals surface area contributed by atoms with E-state index in [4.69, 9.17) is 31.2 Å². The fourth-order valence-corrected chi connectivity index (χ4v) is 4.41. The molecule has 0 aromatic carbocycles. The molecule has 2 fully saturated rings. The molecule has 0 radical (unpaired) electrons. The molecule has 18 nitrogen and oxygen atoms in total. The maximum absolute atomic E-state index is 11.6. The number of nitrogen functional groups attached to an aromatic ring is 2. The van der Waals surface area contributed by atoms with E-state index in [1.54, 1.807) is 0 Å². The zero-order valence-corrected chi connectivity index (χ0v) is 19.7. The first-order chi connectivity index (χ1) is 18.2. The van der Waals surface area contributed by atoms with Gasteiger partial charge in [-0.1, -0.05) is 0 Å². The second-order valence-electron chi connectivity index (χ2n) is 8.78. The molecular weight excluding hydrogens is 508 g/mol. The Labute approximate surface area is 211 Å². The number of nitrogens with zero attached hydrogens (tertiary/aromatic N) is 6. The summed E-state index contributed by atoms with van der Waals surface area (Å²) in [5.41, 5.74) is 11.0. The molecule has 4 aromatic heterocycles. The van der Waals surface area contributed by atoms with E-state index in [9.17, 15) is 19.8 Å². The molecule has 6 heterocycles. The number of ether oxygens (including phenoxy) is 2. The van der Waals surface area contributed by atoms with Gasteiger partial charge in [0.15, 0.2) is 22.3 Å². The average Bonchev–Trinajstić information content (AvgIpc) is 3.64. The highest BCUT2D eigenvalue weighted by molar-refractivity contribution is 5.71. The van der Waals surface area contributed by atoms with E-state index >= 15 is 0 Å². The Morgan fingerprint density at radius 2 is 1.21 bits per heavy atom. The molecule has 2 aliphatic rings. The highest BCUT2D eigenvalue weighted by Gasteiger charge is 2.36. The quantitative estimate of drug-likeness (QED) is 0.127. The molecule has 0 unspecified atom stereocenters. The van der Waals surface area contributed by atoms with Crippen molar-refractivity contribution in [2.24, 2.45) is 0 Å². The van der Waals surface area contributed by atoms with Crippen LogP contribution in [0.1, 0.15) is 25.3 Å². The normalized spacial score (nSPS) is 27.2. The molecule has 38 heavy (non-hydrogen) atoms. The topological polar surface area (TPSA) is 279 Å². The second-order valence-corrected chi connectivity index (χ2v) is 8.78. The van der Waals surface area contributed by atoms with Gasteiger partial charge in [-0.05, 0) is 0 Å². The number of anilines is 2. The summed E-state index contributed by atoms with van der Waals surface area (Å²) in [7, 11) is 0. The lowest BCUT2D eigenvalue weighted by Gasteiger charge is -2.13. The number of nitrogens with one attached hydrogen (secondary N) is 2. The van der Waals surface area contributed by atoms with Gasteiger partial charge in [-0.15, -0.1) is 0 Å². The summed E-state index contributed by atoms with van der Waals surface area (Å²) in [5.74, 6) is -0.0343. The monoisotopic (exact) mass is 534 g/mol. The van der Waals surface area contributed by atoms with Gasteiger partial charge in [0.25, 0.3) is 11.1 Å². The van der Waals surface area contributed by atoms with Crippen LogP contribution in [0.5, 0.6) is 0 Å². The zero-order chi connectivity index (χ0) is 27.1. The molecule has 4 aromatic rings. The van der Waals surface area contributed by atoms with Crippen LogP contribution in [0.3, 0.4) is 0 Å². The number of fused-ring (bicyclic) bond motifs is 2. The van der Waals surface area contributed by atoms with Gasteiger partial charge in [-0.2, -0.15) is 9.97 Å². The SMILES string of the molecule is Nc1nc2c(ncn2[C@H]2C[C@H](O)[C@@H](CO)O2)c(=O)[nH]1.Nc1nc2c(ncn2[C@H]2C[C@H](O)[C@@H](CO)O2)c(=O)[nH]1. The van der Waals surface area contributed by atoms with Crippen LogP contribution >= 0.6 is 0 Å². The van der Waals surface area contributed by atoms with E-state index in [1.807, 2.05) is 0 Å². The lowest BCUT2D eigenvalue weighted by molar-refractivity contribution is -0.0432. The third-order valence-corrected chi connectivity index (χ3v) is 6.29. The molecule has 204 valence electrons. The van der Waals surface area contributed by atoms with Crippen molar-refractivity contribution in [3.8, 4) is 0 Å². The summed E-state index contributed by atoms with van der Waals surface area (Å²) in [5, 5.41) is 37.5. The number of aromatic nitrogens is 8. The van der Waals surface area contributed by atoms with E-state index in [0.29, 0.717) is 0 Å². The Morgan fingerprint density at radius 1 is 0.816 bits per heavy atom. The Morgan fingerprint density at radius 3 is 1.55 bits per heavy atom. The van der Waals surface area contributed by atoms with Gasteiger partial charge in [0.1, 0.15) is 24.7 Å². The van der Waals surface area contributed by atoms with Crippen molar-refractivity contribution in [1.82, 2.24) is 39.0 Å². The van der Waals surface area contributed by atoms with Crippen molar-refractivity contribution in [3.63, 3.8) is 0 Å². The number of rotatable bonds is 4. The third-order valence-electron chi connectivity index (χ3n) is 6.29. The molecule has 10 N–H and O–H groups in total. The van der Waals surface area contributed by atoms with Gasteiger partial charge in [0.05, 0.1) is 38.1 Å². The van der Waals surface area contributed by atoms with Crippen molar-refractivity contribution in [2.45, 2.75) is 49.7 Å². The summed E-state index contributed by atoms with van der Waals surface area (Å²) in [4.78, 5) is 43.9. The number of nitrogens with two attached hydrogens (primary N) is 2. The molecule has 18 heteroatoms. The number of hydrogen-bond acceptors (Lipinski definition) is 14. The standard InChI is InChI=1S/2C10H13N5O4/c2*11-10-13-8-7(9(18)14-10)12-3-15(8)6-1-4(17)5(2-16)19-6/h2*3-6,16-17H,1-2H2,(H3,11,13,14,18)/t2*4-,5+,6+/m00/s1. The first kappa shape index (κ1) is 25.7. The fourth-order valence-electron chi connectivity index (χ4n) is 4.41. The molecule has 0 amide bonds. The molecule has 6 rings (SSSR count). The Bertz CT molecular complexity index is 1450. The van der Waals surface area contributed by atoms with Gasteiger partial charge in [0.2, 0.25) is 11.9 Å². The summed E-state index contributed by atoms with van der Waals surface area (Å²) < 4.78 is 14.0. The van der Waals surface area contributed by atoms with Crippen molar-refractivity contribution < 1.29 is 29.9 Å². The predicted molar refractivity (Wildman–Crippen MR) is 128 cm³/mol. The Balaban J connectivity index is 0.000000155. The van der Waals surface area contributed by atoms with Crippen LogP contribution < -0.4 is 22.6 Å². The van der Waals surface area contributed by atoms with Gasteiger partial charge < -0.3 is 41.4 Å². The van der Waals surface area contributed by atoms with Crippen molar-refractivity contribution in [2.75, 3.05) is 24.7 Å². The molecule has 0 spiro atoms. The van der Waals surface area contributed by atoms with Crippen LogP contribution in [0.25, 0.3) is 22.3 Å². The molecule has 2 saturated heterocycles. The minimum atomic E-state index is -0.771. The van der Waals surface area contributed by atoms with Gasteiger partial charge in [-0.25, -0.2) is 9.97 Å². The maximum atomic E-state index is 11.6. The number of H-pyrrole nitrogens is 2. The smallest absolute Gasteiger partial charge is 0.280 e. The molecule has 0 aliphatic carbocycles. The Hall–Kier alpha value is -3.94. The summed E-state index contributed by atoms with van der Waals surface area (Å²) in [6.45, 7) is -0.555. The number of hydrogen-bond donors (Lipinski definition) is 8. The number of aliphatic hydroxyl groups is 4. The molecule has 6 atom stereocenters. The van der Waals surface area contributed by atoms with E-state index in [0.717, 1.165) is 0 Å².